The van der Waals surface area contributed by atoms with Gasteiger partial charge in [-0.15, -0.1) is 0 Å². The zero-order chi connectivity index (χ0) is 13.8. The van der Waals surface area contributed by atoms with E-state index in [1.807, 2.05) is 6.92 Å². The molecule has 1 N–H and O–H groups in total. The largest absolute Gasteiger partial charge is 0.373 e. The van der Waals surface area contributed by atoms with Crippen molar-refractivity contribution in [3.05, 3.63) is 0 Å². The van der Waals surface area contributed by atoms with E-state index in [-0.39, 0.29) is 48.8 Å². The van der Waals surface area contributed by atoms with Crippen LogP contribution in [0.3, 0.4) is 0 Å². The lowest BCUT2D eigenvalue weighted by Crippen LogP contribution is -2.42. The predicted molar refractivity (Wildman–Crippen MR) is 64.9 cm³/mol. The fourth-order valence-corrected chi connectivity index (χ4v) is 3.73. The van der Waals surface area contributed by atoms with Crippen LogP contribution < -0.4 is 5.32 Å². The minimum atomic E-state index is -0.706. The van der Waals surface area contributed by atoms with Crippen LogP contribution in [0.4, 0.5) is 0 Å². The Labute approximate surface area is 111 Å². The van der Waals surface area contributed by atoms with Gasteiger partial charge in [0.2, 0.25) is 17.7 Å². The summed E-state index contributed by atoms with van der Waals surface area (Å²) in [6.45, 7) is 2.00. The number of carbonyl (C=O) groups is 3. The highest BCUT2D eigenvalue weighted by atomic mass is 16.5. The number of fused-ring (bicyclic) bond motifs is 5. The van der Waals surface area contributed by atoms with Crippen molar-refractivity contribution in [3.63, 3.8) is 0 Å². The zero-order valence-electron chi connectivity index (χ0n) is 11.1. The zero-order valence-corrected chi connectivity index (χ0v) is 11.1. The molecule has 3 amide bonds. The summed E-state index contributed by atoms with van der Waals surface area (Å²) in [5.41, 5.74) is -0.706. The van der Waals surface area contributed by atoms with Crippen LogP contribution in [0.2, 0.25) is 0 Å². The molecule has 0 aromatic rings. The van der Waals surface area contributed by atoms with E-state index in [0.29, 0.717) is 0 Å². The van der Waals surface area contributed by atoms with E-state index in [1.165, 1.54) is 4.90 Å². The highest BCUT2D eigenvalue weighted by Gasteiger charge is 2.69. The Balaban J connectivity index is 1.81. The Hall–Kier alpha value is -1.43. The minimum Gasteiger partial charge on any atom is -0.373 e. The lowest BCUT2D eigenvalue weighted by Gasteiger charge is -2.28. The van der Waals surface area contributed by atoms with Gasteiger partial charge in [0.15, 0.2) is 0 Å². The molecule has 104 valence electrons. The molecule has 3 rings (SSSR count). The number of rotatable bonds is 3. The molecule has 3 heterocycles. The standard InChI is InChI=1S/C13H18N2O4/c1-13-8-4-3-7(19-8)10(13)11(17)15(12(13)18)6-5-9(16)14-2/h7-8,10H,3-6H2,1-2H3,(H,14,16)/t7-,8+,10+,13+/m0/s1. The van der Waals surface area contributed by atoms with E-state index < -0.39 is 5.41 Å². The molecule has 4 atom stereocenters. The third-order valence-corrected chi connectivity index (χ3v) is 4.82. The summed E-state index contributed by atoms with van der Waals surface area (Å²) in [5.74, 6) is -0.840. The topological polar surface area (TPSA) is 75.7 Å². The number of likely N-dealkylation sites (tertiary alicyclic amines) is 1. The van der Waals surface area contributed by atoms with Crippen LogP contribution in [0.5, 0.6) is 0 Å². The van der Waals surface area contributed by atoms with E-state index in [0.717, 1.165) is 12.8 Å². The Bertz CT molecular complexity index is 464. The van der Waals surface area contributed by atoms with Crippen molar-refractivity contribution in [1.82, 2.24) is 10.2 Å². The first-order valence-corrected chi connectivity index (χ1v) is 6.72. The van der Waals surface area contributed by atoms with Gasteiger partial charge in [-0.1, -0.05) is 0 Å². The average Bonchev–Trinajstić information content (AvgIpc) is 3.01. The second-order valence-electron chi connectivity index (χ2n) is 5.72. The molecular formula is C13H18N2O4. The van der Waals surface area contributed by atoms with Crippen molar-refractivity contribution in [1.29, 1.82) is 0 Å². The quantitative estimate of drug-likeness (QED) is 0.710. The number of amides is 3. The molecule has 6 nitrogen and oxygen atoms in total. The Kier molecular flexibility index (Phi) is 2.67. The molecule has 2 bridgehead atoms. The summed E-state index contributed by atoms with van der Waals surface area (Å²) >= 11 is 0. The van der Waals surface area contributed by atoms with Crippen LogP contribution in [-0.2, 0) is 19.1 Å². The van der Waals surface area contributed by atoms with Gasteiger partial charge in [-0.2, -0.15) is 0 Å². The van der Waals surface area contributed by atoms with Gasteiger partial charge in [-0.3, -0.25) is 19.3 Å². The molecule has 3 aliphatic heterocycles. The van der Waals surface area contributed by atoms with Gasteiger partial charge in [0, 0.05) is 20.0 Å². The highest BCUT2D eigenvalue weighted by Crippen LogP contribution is 2.56. The smallest absolute Gasteiger partial charge is 0.238 e. The number of nitrogens with one attached hydrogen (secondary N) is 1. The maximum atomic E-state index is 12.5. The lowest BCUT2D eigenvalue weighted by molar-refractivity contribution is -0.144. The molecule has 0 radical (unpaired) electrons. The Morgan fingerprint density at radius 2 is 2.21 bits per heavy atom. The van der Waals surface area contributed by atoms with Crippen molar-refractivity contribution < 1.29 is 19.1 Å². The van der Waals surface area contributed by atoms with E-state index in [2.05, 4.69) is 5.32 Å². The van der Waals surface area contributed by atoms with Gasteiger partial charge < -0.3 is 10.1 Å². The van der Waals surface area contributed by atoms with Gasteiger partial charge in [-0.25, -0.2) is 0 Å². The van der Waals surface area contributed by atoms with Crippen molar-refractivity contribution in [2.75, 3.05) is 13.6 Å². The number of hydrogen-bond acceptors (Lipinski definition) is 4. The summed E-state index contributed by atoms with van der Waals surface area (Å²) in [7, 11) is 1.54. The van der Waals surface area contributed by atoms with E-state index in [4.69, 9.17) is 4.74 Å². The molecule has 0 unspecified atom stereocenters. The van der Waals surface area contributed by atoms with E-state index >= 15 is 0 Å². The lowest BCUT2D eigenvalue weighted by atomic mass is 9.69. The molecule has 6 heteroatoms. The molecule has 3 saturated heterocycles. The molecule has 0 aromatic carbocycles. The van der Waals surface area contributed by atoms with Crippen molar-refractivity contribution >= 4 is 17.7 Å². The van der Waals surface area contributed by atoms with Crippen LogP contribution in [0.15, 0.2) is 0 Å². The molecule has 0 aromatic heterocycles. The number of imide groups is 1. The normalized spacial score (nSPS) is 39.9. The maximum absolute atomic E-state index is 12.5. The fraction of sp³-hybridized carbons (Fsp3) is 0.769. The second kappa shape index (κ2) is 4.03. The van der Waals surface area contributed by atoms with E-state index in [1.54, 1.807) is 7.05 Å². The number of hydrogen-bond donors (Lipinski definition) is 1. The summed E-state index contributed by atoms with van der Waals surface area (Å²) in [6.07, 6.45) is 1.61. The Morgan fingerprint density at radius 1 is 1.47 bits per heavy atom. The van der Waals surface area contributed by atoms with Crippen molar-refractivity contribution in [3.8, 4) is 0 Å². The predicted octanol–water partition coefficient (Wildman–Crippen LogP) is -0.325. The fourth-order valence-electron chi connectivity index (χ4n) is 3.73. The number of nitrogens with zero attached hydrogens (tertiary/aromatic N) is 1. The van der Waals surface area contributed by atoms with E-state index in [9.17, 15) is 14.4 Å². The molecule has 0 aliphatic carbocycles. The van der Waals surface area contributed by atoms with Gasteiger partial charge in [0.25, 0.3) is 0 Å². The third kappa shape index (κ3) is 1.49. The second-order valence-corrected chi connectivity index (χ2v) is 5.72. The van der Waals surface area contributed by atoms with Crippen LogP contribution in [0.25, 0.3) is 0 Å². The first kappa shape index (κ1) is 12.6. The van der Waals surface area contributed by atoms with Gasteiger partial charge in [0.05, 0.1) is 23.5 Å². The molecule has 3 aliphatic rings. The first-order chi connectivity index (χ1) is 9.00. The summed E-state index contributed by atoms with van der Waals surface area (Å²) in [6, 6.07) is 0. The monoisotopic (exact) mass is 266 g/mol. The number of ether oxygens (including phenoxy) is 1. The van der Waals surface area contributed by atoms with Crippen molar-refractivity contribution in [2.24, 2.45) is 11.3 Å². The molecule has 0 saturated carbocycles. The van der Waals surface area contributed by atoms with Crippen LogP contribution in [0, 0.1) is 11.3 Å². The maximum Gasteiger partial charge on any atom is 0.238 e. The van der Waals surface area contributed by atoms with Gasteiger partial charge >= 0.3 is 0 Å². The van der Waals surface area contributed by atoms with Crippen LogP contribution in [-0.4, -0.2) is 48.4 Å². The average molecular weight is 266 g/mol. The minimum absolute atomic E-state index is 0.114. The first-order valence-electron chi connectivity index (χ1n) is 6.72. The SMILES string of the molecule is CNC(=O)CCN1C(=O)[C@H]2[C@@H]3CC[C@@H](O3)[C@@]2(C)C1=O. The van der Waals surface area contributed by atoms with Gasteiger partial charge in [-0.05, 0) is 19.8 Å². The summed E-state index contributed by atoms with van der Waals surface area (Å²) < 4.78 is 5.73. The summed E-state index contributed by atoms with van der Waals surface area (Å²) in [4.78, 5) is 37.4. The molecule has 19 heavy (non-hydrogen) atoms. The molecule has 3 fully saturated rings. The summed E-state index contributed by atoms with van der Waals surface area (Å²) in [5, 5.41) is 2.50. The number of carbonyl (C=O) groups excluding carboxylic acids is 3. The third-order valence-electron chi connectivity index (χ3n) is 4.82. The van der Waals surface area contributed by atoms with Crippen LogP contribution >= 0.6 is 0 Å². The molecular weight excluding hydrogens is 248 g/mol. The van der Waals surface area contributed by atoms with Crippen LogP contribution in [0.1, 0.15) is 26.2 Å². The van der Waals surface area contributed by atoms with Gasteiger partial charge in [0.1, 0.15) is 0 Å². The highest BCUT2D eigenvalue weighted by molar-refractivity contribution is 6.08. The molecule has 0 spiro atoms. The Morgan fingerprint density at radius 3 is 2.84 bits per heavy atom. The van der Waals surface area contributed by atoms with Crippen molar-refractivity contribution in [2.45, 2.75) is 38.4 Å².